The number of hydrogen-bond donors (Lipinski definition) is 1. The van der Waals surface area contributed by atoms with Crippen LogP contribution in [0.4, 0.5) is 0 Å². The van der Waals surface area contributed by atoms with E-state index in [1.54, 1.807) is 0 Å². The van der Waals surface area contributed by atoms with E-state index in [9.17, 15) is 0 Å². The van der Waals surface area contributed by atoms with Gasteiger partial charge in [0, 0.05) is 6.04 Å². The maximum absolute atomic E-state index is 6.31. The average Bonchev–Trinajstić information content (AvgIpc) is 2.38. The van der Waals surface area contributed by atoms with Crippen molar-refractivity contribution >= 4 is 0 Å². The van der Waals surface area contributed by atoms with E-state index in [2.05, 4.69) is 44.2 Å². The molecule has 0 saturated heterocycles. The minimum atomic E-state index is 0.434. The van der Waals surface area contributed by atoms with Gasteiger partial charge in [0.15, 0.2) is 0 Å². The molecular weight excluding hydrogens is 218 g/mol. The summed E-state index contributed by atoms with van der Waals surface area (Å²) in [4.78, 5) is 0. The summed E-state index contributed by atoms with van der Waals surface area (Å²) in [6.07, 6.45) is 6.38. The Bertz CT molecular complexity index is 344. The van der Waals surface area contributed by atoms with Crippen molar-refractivity contribution in [3.63, 3.8) is 0 Å². The van der Waals surface area contributed by atoms with Gasteiger partial charge in [0.2, 0.25) is 0 Å². The monoisotopic (exact) mass is 245 g/mol. The molecule has 0 aromatic heterocycles. The molecule has 0 spiro atoms. The first kappa shape index (κ1) is 13.6. The molecule has 0 radical (unpaired) electrons. The first-order valence-electron chi connectivity index (χ1n) is 7.47. The number of benzene rings is 1. The van der Waals surface area contributed by atoms with Crippen LogP contribution < -0.4 is 5.73 Å². The van der Waals surface area contributed by atoms with Crippen LogP contribution in [-0.2, 0) is 0 Å². The van der Waals surface area contributed by atoms with Crippen molar-refractivity contribution in [3.8, 4) is 0 Å². The van der Waals surface area contributed by atoms with Crippen molar-refractivity contribution in [3.05, 3.63) is 35.9 Å². The van der Waals surface area contributed by atoms with E-state index in [-0.39, 0.29) is 0 Å². The Morgan fingerprint density at radius 2 is 1.89 bits per heavy atom. The van der Waals surface area contributed by atoms with Gasteiger partial charge in [-0.15, -0.1) is 0 Å². The van der Waals surface area contributed by atoms with Crippen LogP contribution >= 0.6 is 0 Å². The van der Waals surface area contributed by atoms with Crippen molar-refractivity contribution in [1.82, 2.24) is 0 Å². The SMILES string of the molecule is CC(C)CCC1CC(c2ccccc2)CCC1N. The van der Waals surface area contributed by atoms with Gasteiger partial charge in [-0.05, 0) is 49.0 Å². The zero-order valence-electron chi connectivity index (χ0n) is 11.8. The Kier molecular flexibility index (Phi) is 4.82. The van der Waals surface area contributed by atoms with Crippen LogP contribution in [0.1, 0.15) is 57.4 Å². The molecule has 100 valence electrons. The van der Waals surface area contributed by atoms with E-state index in [0.717, 1.165) is 17.8 Å². The zero-order chi connectivity index (χ0) is 13.0. The van der Waals surface area contributed by atoms with Crippen molar-refractivity contribution in [1.29, 1.82) is 0 Å². The second-order valence-electron chi connectivity index (χ2n) is 6.32. The second-order valence-corrected chi connectivity index (χ2v) is 6.32. The molecule has 2 rings (SSSR count). The molecule has 0 bridgehead atoms. The van der Waals surface area contributed by atoms with Gasteiger partial charge in [0.05, 0.1) is 0 Å². The molecule has 2 N–H and O–H groups in total. The van der Waals surface area contributed by atoms with E-state index in [0.29, 0.717) is 6.04 Å². The second kappa shape index (κ2) is 6.38. The highest BCUT2D eigenvalue weighted by Gasteiger charge is 2.28. The fourth-order valence-corrected chi connectivity index (χ4v) is 3.19. The summed E-state index contributed by atoms with van der Waals surface area (Å²) < 4.78 is 0. The van der Waals surface area contributed by atoms with Crippen LogP contribution in [0.5, 0.6) is 0 Å². The van der Waals surface area contributed by atoms with E-state index >= 15 is 0 Å². The molecular formula is C17H27N. The molecule has 1 nitrogen and oxygen atoms in total. The lowest BCUT2D eigenvalue weighted by Crippen LogP contribution is -2.35. The number of rotatable bonds is 4. The predicted molar refractivity (Wildman–Crippen MR) is 78.6 cm³/mol. The van der Waals surface area contributed by atoms with Crippen LogP contribution in [0.15, 0.2) is 30.3 Å². The van der Waals surface area contributed by atoms with Crippen LogP contribution in [0.25, 0.3) is 0 Å². The lowest BCUT2D eigenvalue weighted by Gasteiger charge is -2.35. The Hall–Kier alpha value is -0.820. The molecule has 3 unspecified atom stereocenters. The summed E-state index contributed by atoms with van der Waals surface area (Å²) in [5.74, 6) is 2.27. The van der Waals surface area contributed by atoms with Crippen LogP contribution in [0, 0.1) is 11.8 Å². The summed E-state index contributed by atoms with van der Waals surface area (Å²) in [5, 5.41) is 0. The summed E-state index contributed by atoms with van der Waals surface area (Å²) >= 11 is 0. The van der Waals surface area contributed by atoms with Crippen molar-refractivity contribution < 1.29 is 0 Å². The molecule has 1 aromatic rings. The molecule has 1 heteroatoms. The standard InChI is InChI=1S/C17H27N/c1-13(2)8-9-16-12-15(10-11-17(16)18)14-6-4-3-5-7-14/h3-7,13,15-17H,8-12,18H2,1-2H3. The van der Waals surface area contributed by atoms with Gasteiger partial charge in [-0.1, -0.05) is 50.6 Å². The van der Waals surface area contributed by atoms with E-state index in [4.69, 9.17) is 5.73 Å². The molecule has 18 heavy (non-hydrogen) atoms. The lowest BCUT2D eigenvalue weighted by atomic mass is 9.73. The molecule has 1 aromatic carbocycles. The summed E-state index contributed by atoms with van der Waals surface area (Å²) in [6, 6.07) is 11.4. The highest BCUT2D eigenvalue weighted by molar-refractivity contribution is 5.20. The molecule has 1 aliphatic carbocycles. The minimum absolute atomic E-state index is 0.434. The summed E-state index contributed by atoms with van der Waals surface area (Å²) in [7, 11) is 0. The molecule has 1 fully saturated rings. The van der Waals surface area contributed by atoms with Gasteiger partial charge in [0.25, 0.3) is 0 Å². The fourth-order valence-electron chi connectivity index (χ4n) is 3.19. The molecule has 0 heterocycles. The van der Waals surface area contributed by atoms with Crippen LogP contribution in [0.2, 0.25) is 0 Å². The quantitative estimate of drug-likeness (QED) is 0.839. The van der Waals surface area contributed by atoms with Crippen molar-refractivity contribution in [2.75, 3.05) is 0 Å². The van der Waals surface area contributed by atoms with E-state index < -0.39 is 0 Å². The molecule has 1 aliphatic rings. The van der Waals surface area contributed by atoms with Crippen molar-refractivity contribution in [2.45, 2.75) is 57.9 Å². The third kappa shape index (κ3) is 3.58. The highest BCUT2D eigenvalue weighted by Crippen LogP contribution is 2.37. The molecule has 3 atom stereocenters. The van der Waals surface area contributed by atoms with Crippen LogP contribution in [-0.4, -0.2) is 6.04 Å². The third-order valence-electron chi connectivity index (χ3n) is 4.43. The van der Waals surface area contributed by atoms with Gasteiger partial charge >= 0.3 is 0 Å². The first-order valence-corrected chi connectivity index (χ1v) is 7.47. The Morgan fingerprint density at radius 1 is 1.17 bits per heavy atom. The number of hydrogen-bond acceptors (Lipinski definition) is 1. The van der Waals surface area contributed by atoms with Gasteiger partial charge < -0.3 is 5.73 Å². The Morgan fingerprint density at radius 3 is 2.56 bits per heavy atom. The average molecular weight is 245 g/mol. The zero-order valence-corrected chi connectivity index (χ0v) is 11.8. The molecule has 1 saturated carbocycles. The summed E-state index contributed by atoms with van der Waals surface area (Å²) in [6.45, 7) is 4.62. The third-order valence-corrected chi connectivity index (χ3v) is 4.43. The first-order chi connectivity index (χ1) is 8.66. The Labute approximate surface area is 112 Å². The van der Waals surface area contributed by atoms with Gasteiger partial charge in [-0.2, -0.15) is 0 Å². The maximum Gasteiger partial charge on any atom is 0.00675 e. The topological polar surface area (TPSA) is 26.0 Å². The van der Waals surface area contributed by atoms with Gasteiger partial charge in [-0.25, -0.2) is 0 Å². The molecule has 0 amide bonds. The molecule has 0 aliphatic heterocycles. The van der Waals surface area contributed by atoms with Crippen LogP contribution in [0.3, 0.4) is 0 Å². The van der Waals surface area contributed by atoms with E-state index in [1.165, 1.54) is 37.7 Å². The fraction of sp³-hybridized carbons (Fsp3) is 0.647. The summed E-state index contributed by atoms with van der Waals surface area (Å²) in [5.41, 5.74) is 7.82. The normalized spacial score (nSPS) is 28.6. The van der Waals surface area contributed by atoms with Gasteiger partial charge in [-0.3, -0.25) is 0 Å². The number of nitrogens with two attached hydrogens (primary N) is 1. The maximum atomic E-state index is 6.31. The highest BCUT2D eigenvalue weighted by atomic mass is 14.7. The smallest absolute Gasteiger partial charge is 0.00675 e. The Balaban J connectivity index is 1.96. The predicted octanol–water partition coefficient (Wildman–Crippen LogP) is 4.33. The minimum Gasteiger partial charge on any atom is -0.327 e. The van der Waals surface area contributed by atoms with E-state index in [1.807, 2.05) is 0 Å². The lowest BCUT2D eigenvalue weighted by molar-refractivity contribution is 0.252. The largest absolute Gasteiger partial charge is 0.327 e. The van der Waals surface area contributed by atoms with Gasteiger partial charge in [0.1, 0.15) is 0 Å². The van der Waals surface area contributed by atoms with Crippen molar-refractivity contribution in [2.24, 2.45) is 17.6 Å².